The number of esters is 1. The average Bonchev–Trinajstić information content (AvgIpc) is 2.28. The van der Waals surface area contributed by atoms with E-state index in [0.717, 1.165) is 32.2 Å². The van der Waals surface area contributed by atoms with Crippen LogP contribution in [0.5, 0.6) is 0 Å². The number of hydrazone groups is 1. The Morgan fingerprint density at radius 3 is 2.78 bits per heavy atom. The van der Waals surface area contributed by atoms with E-state index in [-0.39, 0.29) is 17.4 Å². The Kier molecular flexibility index (Phi) is 5.63. The van der Waals surface area contributed by atoms with Gasteiger partial charge in [0.1, 0.15) is 6.04 Å². The average molecular weight is 254 g/mol. The summed E-state index contributed by atoms with van der Waals surface area (Å²) in [6.07, 6.45) is 5.87. The zero-order valence-electron chi connectivity index (χ0n) is 12.1. The number of rotatable bonds is 4. The van der Waals surface area contributed by atoms with Crippen molar-refractivity contribution in [3.8, 4) is 0 Å². The molecule has 0 radical (unpaired) electrons. The maximum absolute atomic E-state index is 11.8. The Morgan fingerprint density at radius 2 is 2.17 bits per heavy atom. The predicted octanol–water partition coefficient (Wildman–Crippen LogP) is 2.83. The SMILES string of the molecule is CCOC(=O)C1CCCCN1N=CCC(C)(C)C. The first kappa shape index (κ1) is 15.0. The fourth-order valence-electron chi connectivity index (χ4n) is 1.95. The summed E-state index contributed by atoms with van der Waals surface area (Å²) in [6, 6.07) is -0.185. The van der Waals surface area contributed by atoms with Gasteiger partial charge in [0.05, 0.1) is 6.61 Å². The predicted molar refractivity (Wildman–Crippen MR) is 73.5 cm³/mol. The van der Waals surface area contributed by atoms with Crippen molar-refractivity contribution in [3.05, 3.63) is 0 Å². The van der Waals surface area contributed by atoms with Crippen molar-refractivity contribution in [2.24, 2.45) is 10.5 Å². The topological polar surface area (TPSA) is 41.9 Å². The van der Waals surface area contributed by atoms with E-state index in [1.165, 1.54) is 0 Å². The van der Waals surface area contributed by atoms with Gasteiger partial charge in [-0.1, -0.05) is 20.8 Å². The highest BCUT2D eigenvalue weighted by molar-refractivity contribution is 5.76. The van der Waals surface area contributed by atoms with Crippen molar-refractivity contribution in [1.29, 1.82) is 0 Å². The molecular weight excluding hydrogens is 228 g/mol. The van der Waals surface area contributed by atoms with Gasteiger partial charge in [0.25, 0.3) is 0 Å². The second-order valence-electron chi connectivity index (χ2n) is 5.99. The third-order valence-corrected chi connectivity index (χ3v) is 2.97. The minimum Gasteiger partial charge on any atom is -0.464 e. The van der Waals surface area contributed by atoms with Gasteiger partial charge in [0.2, 0.25) is 0 Å². The Bertz CT molecular complexity index is 295. The number of hydrogen-bond acceptors (Lipinski definition) is 4. The molecule has 1 unspecified atom stereocenters. The molecule has 4 nitrogen and oxygen atoms in total. The molecule has 0 saturated carbocycles. The Hall–Kier alpha value is -1.06. The van der Waals surface area contributed by atoms with E-state index < -0.39 is 0 Å². The van der Waals surface area contributed by atoms with E-state index in [2.05, 4.69) is 25.9 Å². The van der Waals surface area contributed by atoms with Gasteiger partial charge in [-0.3, -0.25) is 5.01 Å². The standard InChI is InChI=1S/C14H26N2O2/c1-5-18-13(17)12-8-6-7-11-16(12)15-10-9-14(2,3)4/h10,12H,5-9,11H2,1-4H3. The van der Waals surface area contributed by atoms with Crippen LogP contribution in [-0.4, -0.2) is 36.4 Å². The van der Waals surface area contributed by atoms with Gasteiger partial charge in [0, 0.05) is 12.8 Å². The number of nitrogens with zero attached hydrogens (tertiary/aromatic N) is 2. The van der Waals surface area contributed by atoms with Crippen LogP contribution in [-0.2, 0) is 9.53 Å². The van der Waals surface area contributed by atoms with Gasteiger partial charge < -0.3 is 4.74 Å². The number of piperidine rings is 1. The van der Waals surface area contributed by atoms with Crippen LogP contribution in [0.25, 0.3) is 0 Å². The summed E-state index contributed by atoms with van der Waals surface area (Å²) in [5.41, 5.74) is 0.235. The second-order valence-corrected chi connectivity index (χ2v) is 5.99. The Labute approximate surface area is 110 Å². The number of carbonyl (C=O) groups is 1. The molecule has 1 aliphatic heterocycles. The van der Waals surface area contributed by atoms with Crippen molar-refractivity contribution in [2.75, 3.05) is 13.2 Å². The quantitative estimate of drug-likeness (QED) is 0.572. The first-order valence-corrected chi connectivity index (χ1v) is 6.90. The van der Waals surface area contributed by atoms with Gasteiger partial charge in [-0.2, -0.15) is 5.10 Å². The molecule has 0 aromatic carbocycles. The lowest BCUT2D eigenvalue weighted by atomic mass is 9.93. The molecule has 1 fully saturated rings. The summed E-state index contributed by atoms with van der Waals surface area (Å²) in [5, 5.41) is 6.36. The van der Waals surface area contributed by atoms with E-state index in [0.29, 0.717) is 6.61 Å². The largest absolute Gasteiger partial charge is 0.464 e. The molecule has 1 heterocycles. The van der Waals surface area contributed by atoms with Crippen LogP contribution < -0.4 is 0 Å². The molecule has 1 atom stereocenters. The minimum atomic E-state index is -0.185. The molecular formula is C14H26N2O2. The lowest BCUT2D eigenvalue weighted by Gasteiger charge is -2.31. The monoisotopic (exact) mass is 254 g/mol. The first-order chi connectivity index (χ1) is 8.44. The van der Waals surface area contributed by atoms with Gasteiger partial charge in [-0.25, -0.2) is 4.79 Å². The summed E-state index contributed by atoms with van der Waals surface area (Å²) < 4.78 is 5.10. The number of carbonyl (C=O) groups excluding carboxylic acids is 1. The van der Waals surface area contributed by atoms with Crippen LogP contribution in [0.3, 0.4) is 0 Å². The number of ether oxygens (including phenoxy) is 1. The van der Waals surface area contributed by atoms with Crippen molar-refractivity contribution >= 4 is 12.2 Å². The molecule has 0 spiro atoms. The third kappa shape index (κ3) is 5.07. The molecule has 1 saturated heterocycles. The molecule has 1 rings (SSSR count). The highest BCUT2D eigenvalue weighted by Crippen LogP contribution is 2.20. The minimum absolute atomic E-state index is 0.134. The van der Waals surface area contributed by atoms with Crippen LogP contribution in [0.4, 0.5) is 0 Å². The molecule has 0 amide bonds. The van der Waals surface area contributed by atoms with Crippen LogP contribution in [0.2, 0.25) is 0 Å². The lowest BCUT2D eigenvalue weighted by molar-refractivity contribution is -0.150. The molecule has 0 aromatic heterocycles. The van der Waals surface area contributed by atoms with Crippen LogP contribution in [0, 0.1) is 5.41 Å². The molecule has 0 N–H and O–H groups in total. The summed E-state index contributed by atoms with van der Waals surface area (Å²) in [7, 11) is 0. The van der Waals surface area contributed by atoms with Gasteiger partial charge in [0.15, 0.2) is 0 Å². The van der Waals surface area contributed by atoms with E-state index in [1.54, 1.807) is 0 Å². The van der Waals surface area contributed by atoms with E-state index in [4.69, 9.17) is 4.74 Å². The smallest absolute Gasteiger partial charge is 0.330 e. The summed E-state index contributed by atoms with van der Waals surface area (Å²) in [4.78, 5) is 11.8. The van der Waals surface area contributed by atoms with E-state index >= 15 is 0 Å². The van der Waals surface area contributed by atoms with E-state index in [9.17, 15) is 4.79 Å². The molecule has 0 bridgehead atoms. The molecule has 18 heavy (non-hydrogen) atoms. The normalized spacial score (nSPS) is 21.3. The van der Waals surface area contributed by atoms with Crippen molar-refractivity contribution in [2.45, 2.75) is 59.4 Å². The maximum Gasteiger partial charge on any atom is 0.330 e. The maximum atomic E-state index is 11.8. The lowest BCUT2D eigenvalue weighted by Crippen LogP contribution is -2.42. The molecule has 1 aliphatic rings. The van der Waals surface area contributed by atoms with Crippen molar-refractivity contribution < 1.29 is 9.53 Å². The highest BCUT2D eigenvalue weighted by Gasteiger charge is 2.28. The summed E-state index contributed by atoms with van der Waals surface area (Å²) >= 11 is 0. The molecule has 104 valence electrons. The fourth-order valence-corrected chi connectivity index (χ4v) is 1.95. The molecule has 0 aliphatic carbocycles. The molecule has 0 aromatic rings. The zero-order valence-corrected chi connectivity index (χ0v) is 12.1. The summed E-state index contributed by atoms with van der Waals surface area (Å²) in [5.74, 6) is -0.134. The second kappa shape index (κ2) is 6.76. The van der Waals surface area contributed by atoms with Gasteiger partial charge >= 0.3 is 5.97 Å². The van der Waals surface area contributed by atoms with Gasteiger partial charge in [-0.15, -0.1) is 0 Å². The first-order valence-electron chi connectivity index (χ1n) is 6.90. The Morgan fingerprint density at radius 1 is 1.44 bits per heavy atom. The third-order valence-electron chi connectivity index (χ3n) is 2.97. The Balaban J connectivity index is 2.57. The fraction of sp³-hybridized carbons (Fsp3) is 0.857. The van der Waals surface area contributed by atoms with Gasteiger partial charge in [-0.05, 0) is 38.0 Å². The zero-order chi connectivity index (χ0) is 13.6. The van der Waals surface area contributed by atoms with Crippen LogP contribution in [0.1, 0.15) is 53.4 Å². The number of hydrogen-bond donors (Lipinski definition) is 0. The van der Waals surface area contributed by atoms with Crippen molar-refractivity contribution in [3.63, 3.8) is 0 Å². The summed E-state index contributed by atoms with van der Waals surface area (Å²) in [6.45, 7) is 9.67. The highest BCUT2D eigenvalue weighted by atomic mass is 16.5. The van der Waals surface area contributed by atoms with Crippen molar-refractivity contribution in [1.82, 2.24) is 5.01 Å². The van der Waals surface area contributed by atoms with E-state index in [1.807, 2.05) is 18.1 Å². The van der Waals surface area contributed by atoms with Crippen LogP contribution in [0.15, 0.2) is 5.10 Å². The molecule has 4 heteroatoms. The van der Waals surface area contributed by atoms with Crippen LogP contribution >= 0.6 is 0 Å².